The molecule has 64 valence electrons. The van der Waals surface area contributed by atoms with Crippen LogP contribution in [0.2, 0.25) is 0 Å². The molecule has 0 saturated carbocycles. The van der Waals surface area contributed by atoms with Crippen LogP contribution in [0.25, 0.3) is 0 Å². The number of rotatable bonds is 1. The van der Waals surface area contributed by atoms with Crippen LogP contribution in [0.3, 0.4) is 0 Å². The fourth-order valence-corrected chi connectivity index (χ4v) is 0.794. The summed E-state index contributed by atoms with van der Waals surface area (Å²) >= 11 is 0. The lowest BCUT2D eigenvalue weighted by Crippen LogP contribution is -2.33. The van der Waals surface area contributed by atoms with Crippen molar-refractivity contribution in [3.05, 3.63) is 11.1 Å². The molecule has 0 aliphatic carbocycles. The van der Waals surface area contributed by atoms with Gasteiger partial charge in [0.2, 0.25) is 0 Å². The Kier molecular flexibility index (Phi) is 2.32. The Hall–Kier alpha value is -1.52. The first-order chi connectivity index (χ1) is 5.66. The van der Waals surface area contributed by atoms with Crippen LogP contribution in [0.1, 0.15) is 6.92 Å². The number of hydrogen-bond acceptors (Lipinski definition) is 3. The van der Waals surface area contributed by atoms with Gasteiger partial charge in [0.1, 0.15) is 12.4 Å². The van der Waals surface area contributed by atoms with Crippen LogP contribution in [-0.4, -0.2) is 24.5 Å². The second kappa shape index (κ2) is 3.25. The molecule has 0 unspecified atom stereocenters. The molecule has 0 aromatic rings. The molecule has 0 spiro atoms. The van der Waals surface area contributed by atoms with Crippen molar-refractivity contribution in [2.75, 3.05) is 6.67 Å². The number of hydrogen-bond donors (Lipinski definition) is 2. The Morgan fingerprint density at radius 1 is 1.83 bits per heavy atom. The number of nitrogens with one attached hydrogen (secondary N) is 2. The molecule has 0 fully saturated rings. The minimum absolute atomic E-state index is 0.236. The third kappa shape index (κ3) is 1.39. The van der Waals surface area contributed by atoms with E-state index in [0.29, 0.717) is 5.57 Å². The molecule has 2 N–H and O–H groups in total. The second-order valence-electron chi connectivity index (χ2n) is 2.40. The van der Waals surface area contributed by atoms with Crippen molar-refractivity contribution in [1.82, 2.24) is 5.43 Å². The molecule has 0 radical (unpaired) electrons. The number of alkyl halides is 1. The van der Waals surface area contributed by atoms with Gasteiger partial charge in [-0.3, -0.25) is 10.2 Å². The number of carbonyl (C=O) groups excluding carboxylic acids is 1. The van der Waals surface area contributed by atoms with Crippen molar-refractivity contribution < 1.29 is 9.18 Å². The maximum Gasteiger partial charge on any atom is 0.289 e. The zero-order chi connectivity index (χ0) is 9.14. The maximum absolute atomic E-state index is 12.1. The van der Waals surface area contributed by atoms with E-state index < -0.39 is 12.6 Å². The minimum atomic E-state index is -0.670. The molecule has 4 nitrogen and oxygen atoms in total. The number of allylic oxidation sites excluding steroid dienone is 1. The normalized spacial score (nSPS) is 20.8. The van der Waals surface area contributed by atoms with Crippen molar-refractivity contribution >= 4 is 17.8 Å². The highest BCUT2D eigenvalue weighted by Gasteiger charge is 2.18. The summed E-state index contributed by atoms with van der Waals surface area (Å²) in [6, 6.07) is 0. The van der Waals surface area contributed by atoms with Gasteiger partial charge >= 0.3 is 0 Å². The summed E-state index contributed by atoms with van der Waals surface area (Å²) in [5.74, 6) is -0.597. The molecule has 1 aliphatic rings. The van der Waals surface area contributed by atoms with Gasteiger partial charge in [-0.05, 0) is 12.5 Å². The predicted octanol–water partition coefficient (Wildman–Crippen LogP) is 0.408. The molecular weight excluding hydrogens is 161 g/mol. The van der Waals surface area contributed by atoms with Crippen LogP contribution in [0.5, 0.6) is 0 Å². The highest BCUT2D eigenvalue weighted by molar-refractivity contribution is 6.49. The maximum atomic E-state index is 12.1. The van der Waals surface area contributed by atoms with E-state index in [1.165, 1.54) is 13.1 Å². The summed E-state index contributed by atoms with van der Waals surface area (Å²) in [6.07, 6.45) is 1.28. The topological polar surface area (TPSA) is 65.3 Å². The fraction of sp³-hybridized carbons (Fsp3) is 0.286. The molecule has 5 heteroatoms. The number of nitrogens with zero attached hydrogens (tertiary/aromatic N) is 1. The van der Waals surface area contributed by atoms with Gasteiger partial charge in [0.05, 0.1) is 6.21 Å². The van der Waals surface area contributed by atoms with Crippen LogP contribution >= 0.6 is 0 Å². The molecular formula is C7H8FN3O. The van der Waals surface area contributed by atoms with Gasteiger partial charge in [-0.15, -0.1) is 0 Å². The Morgan fingerprint density at radius 2 is 2.50 bits per heavy atom. The van der Waals surface area contributed by atoms with E-state index in [9.17, 15) is 9.18 Å². The lowest BCUT2D eigenvalue weighted by Gasteiger charge is -2.10. The summed E-state index contributed by atoms with van der Waals surface area (Å²) in [6.45, 7) is 0.853. The largest absolute Gasteiger partial charge is 0.295 e. The van der Waals surface area contributed by atoms with Gasteiger partial charge < -0.3 is 0 Å². The zero-order valence-electron chi connectivity index (χ0n) is 6.52. The van der Waals surface area contributed by atoms with Gasteiger partial charge in [0.15, 0.2) is 0 Å². The second-order valence-corrected chi connectivity index (χ2v) is 2.40. The SMILES string of the molecule is C/C(CF)=C1/C=NNC(=O)C1=N. The number of carbonyl (C=O) groups is 1. The van der Waals surface area contributed by atoms with E-state index in [0.717, 1.165) is 0 Å². The van der Waals surface area contributed by atoms with Crippen molar-refractivity contribution in [1.29, 1.82) is 5.41 Å². The van der Waals surface area contributed by atoms with Crippen LogP contribution in [-0.2, 0) is 4.79 Å². The summed E-state index contributed by atoms with van der Waals surface area (Å²) in [7, 11) is 0. The third-order valence-corrected chi connectivity index (χ3v) is 1.52. The smallest absolute Gasteiger partial charge is 0.289 e. The van der Waals surface area contributed by atoms with Gasteiger partial charge in [0, 0.05) is 5.57 Å². The fourth-order valence-electron chi connectivity index (χ4n) is 0.794. The van der Waals surface area contributed by atoms with Gasteiger partial charge in [-0.25, -0.2) is 9.82 Å². The van der Waals surface area contributed by atoms with Crippen LogP contribution < -0.4 is 5.43 Å². The summed E-state index contributed by atoms with van der Waals surface area (Å²) < 4.78 is 12.1. The Bertz CT molecular complexity index is 293. The average molecular weight is 169 g/mol. The molecule has 1 heterocycles. The molecule has 0 saturated heterocycles. The highest BCUT2D eigenvalue weighted by Crippen LogP contribution is 2.06. The molecule has 0 atom stereocenters. The monoisotopic (exact) mass is 169 g/mol. The van der Waals surface area contributed by atoms with E-state index in [-0.39, 0.29) is 11.3 Å². The molecule has 1 amide bonds. The summed E-state index contributed by atoms with van der Waals surface area (Å²) in [5, 5.41) is 10.7. The number of hydrazone groups is 1. The van der Waals surface area contributed by atoms with Crippen LogP contribution in [0, 0.1) is 5.41 Å². The number of halogens is 1. The van der Waals surface area contributed by atoms with Crippen molar-refractivity contribution in [2.24, 2.45) is 5.10 Å². The Morgan fingerprint density at radius 3 is 3.08 bits per heavy atom. The predicted molar refractivity (Wildman–Crippen MR) is 43.0 cm³/mol. The van der Waals surface area contributed by atoms with Gasteiger partial charge in [0.25, 0.3) is 5.91 Å². The summed E-state index contributed by atoms with van der Waals surface area (Å²) in [4.78, 5) is 10.8. The molecule has 1 rings (SSSR count). The quantitative estimate of drug-likeness (QED) is 0.586. The lowest BCUT2D eigenvalue weighted by atomic mass is 10.1. The van der Waals surface area contributed by atoms with Crippen molar-refractivity contribution in [3.63, 3.8) is 0 Å². The Balaban J connectivity index is 3.07. The van der Waals surface area contributed by atoms with E-state index >= 15 is 0 Å². The molecule has 1 aliphatic heterocycles. The van der Waals surface area contributed by atoms with Gasteiger partial charge in [-0.1, -0.05) is 0 Å². The van der Waals surface area contributed by atoms with Crippen LogP contribution in [0.15, 0.2) is 16.2 Å². The van der Waals surface area contributed by atoms with E-state index in [1.54, 1.807) is 0 Å². The first kappa shape index (κ1) is 8.58. The first-order valence-electron chi connectivity index (χ1n) is 3.35. The van der Waals surface area contributed by atoms with Gasteiger partial charge in [-0.2, -0.15) is 5.10 Å². The third-order valence-electron chi connectivity index (χ3n) is 1.52. The lowest BCUT2D eigenvalue weighted by molar-refractivity contribution is -0.114. The highest BCUT2D eigenvalue weighted by atomic mass is 19.1. The average Bonchev–Trinajstić information content (AvgIpc) is 2.08. The van der Waals surface area contributed by atoms with Crippen molar-refractivity contribution in [3.8, 4) is 0 Å². The van der Waals surface area contributed by atoms with Crippen LogP contribution in [0.4, 0.5) is 4.39 Å². The molecule has 0 bridgehead atoms. The zero-order valence-corrected chi connectivity index (χ0v) is 6.52. The molecule has 12 heavy (non-hydrogen) atoms. The first-order valence-corrected chi connectivity index (χ1v) is 3.35. The Labute approximate surface area is 68.7 Å². The van der Waals surface area contributed by atoms with E-state index in [4.69, 9.17) is 5.41 Å². The number of amides is 1. The minimum Gasteiger partial charge on any atom is -0.295 e. The van der Waals surface area contributed by atoms with Crippen molar-refractivity contribution in [2.45, 2.75) is 6.92 Å². The molecule has 0 aromatic carbocycles. The molecule has 0 aromatic heterocycles. The van der Waals surface area contributed by atoms with E-state index in [1.807, 2.05) is 0 Å². The standard InChI is InChI=1S/C7H8FN3O/c1-4(2-8)5-3-10-11-7(12)6(5)9/h3,9H,2H2,1H3,(H,11,12)/b5-4+,9-6?. The van der Waals surface area contributed by atoms with E-state index in [2.05, 4.69) is 10.5 Å². The summed E-state index contributed by atoms with van der Waals surface area (Å²) in [5.41, 5.74) is 2.47.